The number of halogens is 1. The summed E-state index contributed by atoms with van der Waals surface area (Å²) in [6, 6.07) is 5.85. The van der Waals surface area contributed by atoms with E-state index in [-0.39, 0.29) is 17.5 Å². The molecule has 1 amide bonds. The highest BCUT2D eigenvalue weighted by Crippen LogP contribution is 2.35. The Morgan fingerprint density at radius 3 is 3.14 bits per heavy atom. The predicted octanol–water partition coefficient (Wildman–Crippen LogP) is 4.19. The molecule has 3 heterocycles. The van der Waals surface area contributed by atoms with E-state index < -0.39 is 0 Å². The average Bonchev–Trinajstić information content (AvgIpc) is 3.11. The van der Waals surface area contributed by atoms with E-state index in [1.807, 2.05) is 0 Å². The lowest BCUT2D eigenvalue weighted by Crippen LogP contribution is -2.34. The number of hydrogen-bond donors (Lipinski definition) is 1. The van der Waals surface area contributed by atoms with Crippen LogP contribution in [0.4, 0.5) is 15.2 Å². The van der Waals surface area contributed by atoms with E-state index in [1.54, 1.807) is 23.5 Å². The fourth-order valence-electron chi connectivity index (χ4n) is 3.22. The zero-order valence-electron chi connectivity index (χ0n) is 15.4. The zero-order chi connectivity index (χ0) is 19.5. The van der Waals surface area contributed by atoms with Gasteiger partial charge in [0.25, 0.3) is 0 Å². The summed E-state index contributed by atoms with van der Waals surface area (Å²) in [7, 11) is 0. The second-order valence-electron chi connectivity index (χ2n) is 6.87. The third-order valence-corrected chi connectivity index (χ3v) is 6.75. The number of nitrogens with zero attached hydrogens (tertiary/aromatic N) is 4. The Labute approximate surface area is 170 Å². The van der Waals surface area contributed by atoms with Crippen molar-refractivity contribution in [3.63, 3.8) is 0 Å². The molecule has 0 bridgehead atoms. The van der Waals surface area contributed by atoms with Crippen LogP contribution < -0.4 is 10.2 Å². The summed E-state index contributed by atoms with van der Waals surface area (Å²) >= 11 is 2.91. The van der Waals surface area contributed by atoms with Gasteiger partial charge in [0.05, 0.1) is 5.75 Å². The van der Waals surface area contributed by atoms with Crippen molar-refractivity contribution in [2.45, 2.75) is 24.8 Å². The SMILES string of the molecule is CC1CCCN(c2nc3ncnc(SCC(=O)Nc4cccc(F)c4)c3s2)C1. The van der Waals surface area contributed by atoms with Gasteiger partial charge in [0, 0.05) is 18.8 Å². The fourth-order valence-corrected chi connectivity index (χ4v) is 5.15. The highest BCUT2D eigenvalue weighted by atomic mass is 32.2. The number of amides is 1. The number of thioether (sulfide) groups is 1. The molecule has 1 aliphatic rings. The van der Waals surface area contributed by atoms with E-state index in [4.69, 9.17) is 0 Å². The van der Waals surface area contributed by atoms with Crippen molar-refractivity contribution < 1.29 is 9.18 Å². The van der Waals surface area contributed by atoms with Crippen molar-refractivity contribution in [1.82, 2.24) is 15.0 Å². The summed E-state index contributed by atoms with van der Waals surface area (Å²) in [4.78, 5) is 27.8. The van der Waals surface area contributed by atoms with Crippen molar-refractivity contribution in [3.8, 4) is 0 Å². The molecule has 0 spiro atoms. The first-order chi connectivity index (χ1) is 13.6. The normalized spacial score (nSPS) is 17.1. The van der Waals surface area contributed by atoms with Crippen LogP contribution in [0.25, 0.3) is 10.3 Å². The number of piperidine rings is 1. The van der Waals surface area contributed by atoms with Crippen LogP contribution in [0.5, 0.6) is 0 Å². The Kier molecular flexibility index (Phi) is 5.72. The third kappa shape index (κ3) is 4.41. The highest BCUT2D eigenvalue weighted by Gasteiger charge is 2.21. The summed E-state index contributed by atoms with van der Waals surface area (Å²) in [5, 5.41) is 4.41. The Balaban J connectivity index is 1.45. The number of anilines is 2. The van der Waals surface area contributed by atoms with Gasteiger partial charge in [-0.1, -0.05) is 36.1 Å². The molecule has 0 saturated carbocycles. The lowest BCUT2D eigenvalue weighted by Gasteiger charge is -2.30. The molecule has 1 atom stereocenters. The maximum absolute atomic E-state index is 13.2. The number of nitrogens with one attached hydrogen (secondary N) is 1. The van der Waals surface area contributed by atoms with E-state index >= 15 is 0 Å². The van der Waals surface area contributed by atoms with E-state index in [0.717, 1.165) is 27.9 Å². The van der Waals surface area contributed by atoms with Gasteiger partial charge in [-0.2, -0.15) is 4.98 Å². The third-order valence-electron chi connectivity index (χ3n) is 4.52. The minimum atomic E-state index is -0.382. The van der Waals surface area contributed by atoms with Crippen molar-refractivity contribution in [3.05, 3.63) is 36.4 Å². The van der Waals surface area contributed by atoms with Crippen LogP contribution in [0, 0.1) is 11.7 Å². The van der Waals surface area contributed by atoms with Gasteiger partial charge < -0.3 is 10.2 Å². The second-order valence-corrected chi connectivity index (χ2v) is 8.81. The summed E-state index contributed by atoms with van der Waals surface area (Å²) in [5.41, 5.74) is 1.11. The number of thiazole rings is 1. The molecule has 1 aliphatic heterocycles. The number of carbonyl (C=O) groups excluding carboxylic acids is 1. The monoisotopic (exact) mass is 417 g/mol. The molecule has 146 valence electrons. The molecule has 1 saturated heterocycles. The van der Waals surface area contributed by atoms with Gasteiger partial charge in [-0.05, 0) is 37.0 Å². The standard InChI is InChI=1S/C19H20FN5OS2/c1-12-4-3-7-25(9-12)19-24-17-16(28-19)18(22-11-21-17)27-10-15(26)23-14-6-2-5-13(20)8-14/h2,5-6,8,11-12H,3-4,7,9-10H2,1H3,(H,23,26). The number of aromatic nitrogens is 3. The van der Waals surface area contributed by atoms with Crippen LogP contribution in [0.15, 0.2) is 35.6 Å². The first kappa shape index (κ1) is 19.1. The minimum absolute atomic E-state index is 0.177. The molecular weight excluding hydrogens is 397 g/mol. The zero-order valence-corrected chi connectivity index (χ0v) is 17.0. The van der Waals surface area contributed by atoms with E-state index in [0.29, 0.717) is 17.3 Å². The molecular formula is C19H20FN5OS2. The maximum Gasteiger partial charge on any atom is 0.234 e. The van der Waals surface area contributed by atoms with Crippen LogP contribution in [-0.4, -0.2) is 39.7 Å². The average molecular weight is 418 g/mol. The number of rotatable bonds is 5. The van der Waals surface area contributed by atoms with Crippen molar-refractivity contribution in [1.29, 1.82) is 0 Å². The number of fused-ring (bicyclic) bond motifs is 1. The molecule has 1 aromatic carbocycles. The smallest absolute Gasteiger partial charge is 0.234 e. The van der Waals surface area contributed by atoms with Crippen LogP contribution in [0.3, 0.4) is 0 Å². The minimum Gasteiger partial charge on any atom is -0.348 e. The molecule has 1 unspecified atom stereocenters. The molecule has 1 fully saturated rings. The van der Waals surface area contributed by atoms with Crippen LogP contribution >= 0.6 is 23.1 Å². The van der Waals surface area contributed by atoms with Gasteiger partial charge >= 0.3 is 0 Å². The second kappa shape index (κ2) is 8.40. The van der Waals surface area contributed by atoms with Gasteiger partial charge in [0.2, 0.25) is 5.91 Å². The molecule has 1 N–H and O–H groups in total. The van der Waals surface area contributed by atoms with E-state index in [2.05, 4.69) is 32.1 Å². The summed E-state index contributed by atoms with van der Waals surface area (Å²) < 4.78 is 14.1. The van der Waals surface area contributed by atoms with Crippen molar-refractivity contribution in [2.24, 2.45) is 5.92 Å². The van der Waals surface area contributed by atoms with Gasteiger partial charge in [-0.3, -0.25) is 4.79 Å². The van der Waals surface area contributed by atoms with Gasteiger partial charge in [-0.15, -0.1) is 0 Å². The first-order valence-electron chi connectivity index (χ1n) is 9.13. The van der Waals surface area contributed by atoms with Crippen LogP contribution in [0.1, 0.15) is 19.8 Å². The van der Waals surface area contributed by atoms with Crippen molar-refractivity contribution >= 4 is 50.2 Å². The fraction of sp³-hybridized carbons (Fsp3) is 0.368. The largest absolute Gasteiger partial charge is 0.348 e. The summed E-state index contributed by atoms with van der Waals surface area (Å²) in [5.74, 6) is 0.243. The molecule has 4 rings (SSSR count). The summed E-state index contributed by atoms with van der Waals surface area (Å²) in [6.45, 7) is 4.28. The summed E-state index contributed by atoms with van der Waals surface area (Å²) in [6.07, 6.45) is 3.91. The first-order valence-corrected chi connectivity index (χ1v) is 10.9. The van der Waals surface area contributed by atoms with E-state index in [1.165, 1.54) is 43.1 Å². The van der Waals surface area contributed by atoms with Gasteiger partial charge in [0.15, 0.2) is 10.8 Å². The molecule has 28 heavy (non-hydrogen) atoms. The maximum atomic E-state index is 13.2. The molecule has 0 radical (unpaired) electrons. The van der Waals surface area contributed by atoms with Gasteiger partial charge in [0.1, 0.15) is 21.9 Å². The van der Waals surface area contributed by atoms with E-state index in [9.17, 15) is 9.18 Å². The molecule has 6 nitrogen and oxygen atoms in total. The van der Waals surface area contributed by atoms with Crippen molar-refractivity contribution in [2.75, 3.05) is 29.1 Å². The lowest BCUT2D eigenvalue weighted by atomic mass is 10.0. The molecule has 9 heteroatoms. The molecule has 2 aromatic heterocycles. The number of carbonyl (C=O) groups is 1. The van der Waals surface area contributed by atoms with Crippen LogP contribution in [0.2, 0.25) is 0 Å². The van der Waals surface area contributed by atoms with Gasteiger partial charge in [-0.25, -0.2) is 14.4 Å². The lowest BCUT2D eigenvalue weighted by molar-refractivity contribution is -0.113. The Hall–Kier alpha value is -2.26. The van der Waals surface area contributed by atoms with Crippen LogP contribution in [-0.2, 0) is 4.79 Å². The number of benzene rings is 1. The predicted molar refractivity (Wildman–Crippen MR) is 112 cm³/mol. The Morgan fingerprint density at radius 2 is 2.32 bits per heavy atom. The highest BCUT2D eigenvalue weighted by molar-refractivity contribution is 8.00. The molecule has 3 aromatic rings. The topological polar surface area (TPSA) is 71.0 Å². The number of hydrogen-bond acceptors (Lipinski definition) is 7. The Bertz CT molecular complexity index is 995. The Morgan fingerprint density at radius 1 is 1.43 bits per heavy atom. The quantitative estimate of drug-likeness (QED) is 0.496. The molecule has 0 aliphatic carbocycles.